The van der Waals surface area contributed by atoms with Crippen molar-refractivity contribution in [3.8, 4) is 12.1 Å². The smallest absolute Gasteiger partial charge is 0.178 e. The van der Waals surface area contributed by atoms with E-state index >= 15 is 0 Å². The molecule has 3 rings (SSSR count). The highest BCUT2D eigenvalue weighted by Gasteiger charge is 2.63. The number of nitriles is 2. The first-order valence-corrected chi connectivity index (χ1v) is 15.6. The molecule has 0 bridgehead atoms. The number of Topliss-reactive ketones (excluding diaryl/α,β-unsaturated/α-hetero) is 2. The zero-order chi connectivity index (χ0) is 30.4. The molecule has 0 saturated heterocycles. The van der Waals surface area contributed by atoms with Crippen molar-refractivity contribution in [2.45, 2.75) is 121 Å². The second-order valence-electron chi connectivity index (χ2n) is 16.3. The van der Waals surface area contributed by atoms with Crippen LogP contribution in [-0.2, 0) is 9.59 Å². The van der Waals surface area contributed by atoms with E-state index in [0.29, 0.717) is 24.3 Å². The molecular formula is C35H55N3O2. The number of rotatable bonds is 9. The van der Waals surface area contributed by atoms with Crippen LogP contribution in [0.5, 0.6) is 0 Å². The average Bonchev–Trinajstić information content (AvgIpc) is 2.84. The molecule has 0 aromatic carbocycles. The maximum Gasteiger partial charge on any atom is 0.178 e. The molecule has 0 aromatic rings. The van der Waals surface area contributed by atoms with Crippen LogP contribution in [0.3, 0.4) is 0 Å². The topological polar surface area (TPSA) is 93.8 Å². The number of nitrogens with one attached hydrogen (secondary N) is 1. The van der Waals surface area contributed by atoms with Crippen LogP contribution in [0.4, 0.5) is 0 Å². The molecular weight excluding hydrogens is 494 g/mol. The molecule has 2 saturated carbocycles. The molecule has 0 aromatic heterocycles. The van der Waals surface area contributed by atoms with Gasteiger partial charge < -0.3 is 10.1 Å². The van der Waals surface area contributed by atoms with Crippen LogP contribution in [0.2, 0.25) is 0 Å². The van der Waals surface area contributed by atoms with Crippen LogP contribution in [0.1, 0.15) is 121 Å². The van der Waals surface area contributed by atoms with E-state index in [4.69, 9.17) is 0 Å². The van der Waals surface area contributed by atoms with Crippen LogP contribution in [-0.4, -0.2) is 24.7 Å². The van der Waals surface area contributed by atoms with Crippen molar-refractivity contribution >= 4 is 11.6 Å². The molecule has 0 amide bonds. The summed E-state index contributed by atoms with van der Waals surface area (Å²) in [7, 11) is 0. The van der Waals surface area contributed by atoms with Gasteiger partial charge in [0.15, 0.2) is 5.78 Å². The number of hydrogen-bond donors (Lipinski definition) is 1. The highest BCUT2D eigenvalue weighted by molar-refractivity contribution is 6.04. The van der Waals surface area contributed by atoms with Crippen molar-refractivity contribution in [3.63, 3.8) is 0 Å². The first-order chi connectivity index (χ1) is 18.3. The van der Waals surface area contributed by atoms with Gasteiger partial charge in [0.25, 0.3) is 0 Å². The van der Waals surface area contributed by atoms with Gasteiger partial charge in [-0.25, -0.2) is 0 Å². The Morgan fingerprint density at radius 3 is 2.30 bits per heavy atom. The molecule has 0 spiro atoms. The van der Waals surface area contributed by atoms with Crippen LogP contribution in [0.25, 0.3) is 0 Å². The maximum absolute atomic E-state index is 13.3. The van der Waals surface area contributed by atoms with Gasteiger partial charge in [-0.3, -0.25) is 4.79 Å². The van der Waals surface area contributed by atoms with Gasteiger partial charge in [-0.2, -0.15) is 10.5 Å². The number of fused-ring (bicyclic) bond motifs is 1. The summed E-state index contributed by atoms with van der Waals surface area (Å²) in [4.78, 5) is 26.1. The Labute approximate surface area is 244 Å². The molecule has 6 atom stereocenters. The van der Waals surface area contributed by atoms with Gasteiger partial charge in [-0.15, -0.1) is 0 Å². The molecule has 40 heavy (non-hydrogen) atoms. The third-order valence-corrected chi connectivity index (χ3v) is 12.7. The Morgan fingerprint density at radius 1 is 1.10 bits per heavy atom. The summed E-state index contributed by atoms with van der Waals surface area (Å²) in [5, 5.41) is 22.6. The van der Waals surface area contributed by atoms with Crippen LogP contribution >= 0.6 is 0 Å². The third kappa shape index (κ3) is 5.57. The van der Waals surface area contributed by atoms with Gasteiger partial charge in [-0.05, 0) is 96.7 Å². The summed E-state index contributed by atoms with van der Waals surface area (Å²) in [5.41, 5.74) is -0.499. The van der Waals surface area contributed by atoms with E-state index in [1.165, 1.54) is 12.8 Å². The molecule has 5 heteroatoms. The van der Waals surface area contributed by atoms with E-state index < -0.39 is 10.8 Å². The summed E-state index contributed by atoms with van der Waals surface area (Å²) in [6.07, 6.45) is 9.98. The van der Waals surface area contributed by atoms with E-state index in [-0.39, 0.29) is 45.2 Å². The minimum atomic E-state index is -0.629. The standard InChI is InChI=1S/C35H55N3O2/c1-24-20-30(3,4)13-15-35(24,23-38-18-17-36)16-14-31(5,6)34(10)12-11-27-32(7,8)29(40)26(22-37)21-33(27,9)28(34)19-25(2)39/h21,24,27-28,38H,11-16,18-20,23H2,1-10H3/t24?,27-,28+,33-,34+,35+/m0/s1. The number of nitrogens with zero attached hydrogens (tertiary/aromatic N) is 2. The highest BCUT2D eigenvalue weighted by Crippen LogP contribution is 2.68. The fourth-order valence-electron chi connectivity index (χ4n) is 9.62. The molecule has 1 N–H and O–H groups in total. The van der Waals surface area contributed by atoms with E-state index in [1.807, 2.05) is 19.9 Å². The van der Waals surface area contributed by atoms with E-state index in [0.717, 1.165) is 38.6 Å². The van der Waals surface area contributed by atoms with Gasteiger partial charge in [-0.1, -0.05) is 68.4 Å². The minimum absolute atomic E-state index is 0.0392. The lowest BCUT2D eigenvalue weighted by Crippen LogP contribution is -2.60. The zero-order valence-electron chi connectivity index (χ0n) is 27.1. The van der Waals surface area contributed by atoms with E-state index in [2.05, 4.69) is 65.9 Å². The lowest BCUT2D eigenvalue weighted by atomic mass is 9.39. The quantitative estimate of drug-likeness (QED) is 0.234. The average molecular weight is 550 g/mol. The fraction of sp³-hybridized carbons (Fsp3) is 0.829. The number of carbonyl (C=O) groups is 2. The van der Waals surface area contributed by atoms with Gasteiger partial charge in [0.1, 0.15) is 11.9 Å². The summed E-state index contributed by atoms with van der Waals surface area (Å²) in [6.45, 7) is 23.5. The van der Waals surface area contributed by atoms with Gasteiger partial charge in [0.2, 0.25) is 0 Å². The Morgan fingerprint density at radius 2 is 1.75 bits per heavy atom. The van der Waals surface area contributed by atoms with Crippen molar-refractivity contribution in [2.75, 3.05) is 13.1 Å². The largest absolute Gasteiger partial charge is 0.304 e. The zero-order valence-corrected chi connectivity index (χ0v) is 27.1. The first-order valence-electron chi connectivity index (χ1n) is 15.6. The Balaban J connectivity index is 2.01. The summed E-state index contributed by atoms with van der Waals surface area (Å²) < 4.78 is 0. The minimum Gasteiger partial charge on any atom is -0.304 e. The molecule has 222 valence electrons. The highest BCUT2D eigenvalue weighted by atomic mass is 16.1. The van der Waals surface area contributed by atoms with Gasteiger partial charge in [0, 0.05) is 18.4 Å². The molecule has 3 aliphatic carbocycles. The third-order valence-electron chi connectivity index (χ3n) is 12.7. The predicted molar refractivity (Wildman–Crippen MR) is 161 cm³/mol. The molecule has 0 heterocycles. The van der Waals surface area contributed by atoms with E-state index in [1.54, 1.807) is 6.92 Å². The van der Waals surface area contributed by atoms with Crippen molar-refractivity contribution < 1.29 is 9.59 Å². The summed E-state index contributed by atoms with van der Waals surface area (Å²) >= 11 is 0. The molecule has 5 nitrogen and oxygen atoms in total. The fourth-order valence-corrected chi connectivity index (χ4v) is 9.62. The molecule has 3 aliphatic rings. The number of hydrogen-bond acceptors (Lipinski definition) is 5. The van der Waals surface area contributed by atoms with Gasteiger partial charge >= 0.3 is 0 Å². The first kappa shape index (κ1) is 32.5. The lowest BCUT2D eigenvalue weighted by Gasteiger charge is -2.64. The Kier molecular flexibility index (Phi) is 8.96. The molecule has 0 radical (unpaired) electrons. The Bertz CT molecular complexity index is 1120. The molecule has 1 unspecified atom stereocenters. The van der Waals surface area contributed by atoms with Gasteiger partial charge in [0.05, 0.1) is 18.2 Å². The SMILES string of the molecule is CC(=O)C[C@@H]1[C@@]2(C)C=C(C#N)C(=O)C(C)(C)[C@@H]2CC[C@@]1(C)C(C)(C)CC[C@@]1(CNCC#N)CCC(C)(C)CC1C. The van der Waals surface area contributed by atoms with Crippen LogP contribution in [0, 0.1) is 72.9 Å². The summed E-state index contributed by atoms with van der Waals surface area (Å²) in [6, 6.07) is 4.48. The number of allylic oxidation sites excluding steroid dienone is 2. The summed E-state index contributed by atoms with van der Waals surface area (Å²) in [5.74, 6) is 0.814. The number of carbonyl (C=O) groups excluding carboxylic acids is 2. The van der Waals surface area contributed by atoms with Crippen molar-refractivity contribution in [1.29, 1.82) is 10.5 Å². The van der Waals surface area contributed by atoms with Crippen LogP contribution < -0.4 is 5.32 Å². The molecule has 0 aliphatic heterocycles. The number of ketones is 2. The lowest BCUT2D eigenvalue weighted by molar-refractivity contribution is -0.156. The normalized spacial score (nSPS) is 37.0. The second kappa shape index (κ2) is 11.0. The molecule has 2 fully saturated rings. The monoisotopic (exact) mass is 549 g/mol. The predicted octanol–water partition coefficient (Wildman–Crippen LogP) is 7.82. The maximum atomic E-state index is 13.3. The van der Waals surface area contributed by atoms with Crippen LogP contribution in [0.15, 0.2) is 11.6 Å². The van der Waals surface area contributed by atoms with E-state index in [9.17, 15) is 20.1 Å². The van der Waals surface area contributed by atoms with Crippen molar-refractivity contribution in [1.82, 2.24) is 5.32 Å². The Hall–Kier alpha value is -1.98. The van der Waals surface area contributed by atoms with Crippen molar-refractivity contribution in [2.24, 2.45) is 50.2 Å². The van der Waals surface area contributed by atoms with Crippen molar-refractivity contribution in [3.05, 3.63) is 11.6 Å². The second-order valence-corrected chi connectivity index (χ2v) is 16.3.